The van der Waals surface area contributed by atoms with Gasteiger partial charge in [0.2, 0.25) is 0 Å². The molecule has 0 fully saturated rings. The van der Waals surface area contributed by atoms with Gasteiger partial charge in [-0.2, -0.15) is 0 Å². The van der Waals surface area contributed by atoms with E-state index in [0.29, 0.717) is 0 Å². The van der Waals surface area contributed by atoms with Crippen molar-refractivity contribution in [2.45, 2.75) is 122 Å². The zero-order valence-electron chi connectivity index (χ0n) is 18.3. The minimum Gasteiger partial charge on any atom is -0.550 e. The molecule has 0 bridgehead atoms. The number of carboxylic acids is 3. The van der Waals surface area contributed by atoms with E-state index in [9.17, 15) is 29.7 Å². The van der Waals surface area contributed by atoms with Gasteiger partial charge >= 0.3 is 0 Å². The summed E-state index contributed by atoms with van der Waals surface area (Å²) in [6, 6.07) is 0. The number of aliphatic hydroxyl groups excluding tert-OH is 2. The molecule has 2 unspecified atom stereocenters. The lowest BCUT2D eigenvalue weighted by Gasteiger charge is -2.18. The Hall–Kier alpha value is -1.67. The first-order chi connectivity index (χ1) is 14.2. The highest BCUT2D eigenvalue weighted by Gasteiger charge is 2.17. The molecule has 0 rings (SSSR count). The van der Waals surface area contributed by atoms with E-state index in [1.165, 1.54) is 83.5 Å². The number of carboxylic acid groups (broad SMARTS) is 3. The lowest BCUT2D eigenvalue weighted by Crippen LogP contribution is -2.51. The van der Waals surface area contributed by atoms with Crippen molar-refractivity contribution in [3.8, 4) is 0 Å². The molecule has 0 radical (unpaired) electrons. The van der Waals surface area contributed by atoms with Gasteiger partial charge in [-0.05, 0) is 12.8 Å². The fourth-order valence-corrected chi connectivity index (χ4v) is 2.90. The molecule has 0 aliphatic heterocycles. The Morgan fingerprint density at radius 1 is 0.567 bits per heavy atom. The lowest BCUT2D eigenvalue weighted by atomic mass is 10.0. The molecule has 2 atom stereocenters. The maximum absolute atomic E-state index is 10.2. The van der Waals surface area contributed by atoms with Crippen LogP contribution in [0.25, 0.3) is 0 Å². The molecule has 0 saturated carbocycles. The molecule has 0 aliphatic rings. The van der Waals surface area contributed by atoms with Crippen LogP contribution in [0.5, 0.6) is 0 Å². The highest BCUT2D eigenvalue weighted by Crippen LogP contribution is 2.13. The van der Waals surface area contributed by atoms with Crippen molar-refractivity contribution in [1.29, 1.82) is 0 Å². The molecule has 8 heteroatoms. The Kier molecular flexibility index (Phi) is 22.4. The summed E-state index contributed by atoms with van der Waals surface area (Å²) in [6.07, 6.45) is 15.0. The molecule has 0 aromatic carbocycles. The fraction of sp³-hybridized carbons (Fsp3) is 0.864. The number of hydrogen-bond acceptors (Lipinski definition) is 8. The summed E-state index contributed by atoms with van der Waals surface area (Å²) in [6.45, 7) is 2.27. The Bertz CT molecular complexity index is 421. The topological polar surface area (TPSA) is 161 Å². The van der Waals surface area contributed by atoms with E-state index in [-0.39, 0.29) is 6.42 Å². The van der Waals surface area contributed by atoms with E-state index in [2.05, 4.69) is 6.92 Å². The summed E-state index contributed by atoms with van der Waals surface area (Å²) < 4.78 is 0. The molecule has 0 aromatic heterocycles. The van der Waals surface area contributed by atoms with Crippen molar-refractivity contribution in [3.63, 3.8) is 0 Å². The van der Waals surface area contributed by atoms with Crippen LogP contribution in [-0.4, -0.2) is 40.3 Å². The van der Waals surface area contributed by atoms with Crippen molar-refractivity contribution in [2.24, 2.45) is 0 Å². The predicted molar refractivity (Wildman–Crippen MR) is 107 cm³/mol. The summed E-state index contributed by atoms with van der Waals surface area (Å²) in [4.78, 5) is 29.5. The Labute approximate surface area is 180 Å². The average Bonchev–Trinajstić information content (AvgIpc) is 2.69. The third-order valence-corrected chi connectivity index (χ3v) is 4.77. The van der Waals surface area contributed by atoms with Gasteiger partial charge in [-0.3, -0.25) is 0 Å². The quantitative estimate of drug-likeness (QED) is 0.274. The largest absolute Gasteiger partial charge is 0.550 e. The molecular weight excluding hydrogens is 392 g/mol. The molecule has 0 saturated heterocycles. The summed E-state index contributed by atoms with van der Waals surface area (Å²) in [7, 11) is 0. The van der Waals surface area contributed by atoms with Crippen LogP contribution in [0, 0.1) is 0 Å². The van der Waals surface area contributed by atoms with Gasteiger partial charge in [-0.25, -0.2) is 0 Å². The zero-order chi connectivity index (χ0) is 23.2. The molecule has 0 aromatic rings. The third-order valence-electron chi connectivity index (χ3n) is 4.77. The van der Waals surface area contributed by atoms with Gasteiger partial charge in [0.15, 0.2) is 0 Å². The second-order valence-electron chi connectivity index (χ2n) is 7.60. The molecule has 8 nitrogen and oxygen atoms in total. The molecule has 0 heterocycles. The molecule has 0 aliphatic carbocycles. The second kappa shape index (κ2) is 22.0. The van der Waals surface area contributed by atoms with Crippen LogP contribution in [0.4, 0.5) is 0 Å². The molecule has 178 valence electrons. The van der Waals surface area contributed by atoms with Crippen LogP contribution in [0.15, 0.2) is 0 Å². The summed E-state index contributed by atoms with van der Waals surface area (Å²) in [5, 5.41) is 46.0. The van der Waals surface area contributed by atoms with Crippen LogP contribution in [0.2, 0.25) is 0 Å². The van der Waals surface area contributed by atoms with Gasteiger partial charge in [-0.15, -0.1) is 0 Å². The van der Waals surface area contributed by atoms with Gasteiger partial charge in [0.1, 0.15) is 12.2 Å². The van der Waals surface area contributed by atoms with Crippen molar-refractivity contribution in [3.05, 3.63) is 0 Å². The first kappa shape index (κ1) is 30.5. The van der Waals surface area contributed by atoms with Gasteiger partial charge in [-0.1, -0.05) is 96.8 Å². The van der Waals surface area contributed by atoms with Crippen LogP contribution >= 0.6 is 0 Å². The molecule has 0 spiro atoms. The maximum Gasteiger partial charge on any atom is 0.124 e. The monoisotopic (exact) mass is 431 g/mol. The Morgan fingerprint density at radius 2 is 0.833 bits per heavy atom. The number of aliphatic carboxylic acids is 3. The van der Waals surface area contributed by atoms with Crippen LogP contribution in [-0.2, 0) is 14.4 Å². The van der Waals surface area contributed by atoms with Crippen molar-refractivity contribution >= 4 is 17.9 Å². The Morgan fingerprint density at radius 3 is 1.07 bits per heavy atom. The normalized spacial score (nSPS) is 12.5. The summed E-state index contributed by atoms with van der Waals surface area (Å²) >= 11 is 0. The van der Waals surface area contributed by atoms with Crippen LogP contribution in [0.3, 0.4) is 0 Å². The number of carbonyl (C=O) groups excluding carboxylic acids is 3. The van der Waals surface area contributed by atoms with E-state index in [4.69, 9.17) is 10.2 Å². The van der Waals surface area contributed by atoms with Crippen LogP contribution < -0.4 is 15.3 Å². The SMILES string of the molecule is CCCCCCCCCCCCCCCCCC(=O)[O-].O=C([O-])C(O)C(O)C(=O)[O-]. The lowest BCUT2D eigenvalue weighted by molar-refractivity contribution is -0.333. The summed E-state index contributed by atoms with van der Waals surface area (Å²) in [5.74, 6) is -5.02. The van der Waals surface area contributed by atoms with Gasteiger partial charge in [0.05, 0.1) is 11.9 Å². The van der Waals surface area contributed by atoms with E-state index < -0.39 is 30.1 Å². The number of unbranched alkanes of at least 4 members (excludes halogenated alkanes) is 14. The van der Waals surface area contributed by atoms with E-state index in [1.807, 2.05) is 0 Å². The highest BCUT2D eigenvalue weighted by molar-refractivity contribution is 5.80. The number of aliphatic hydroxyl groups is 2. The molecule has 0 amide bonds. The van der Waals surface area contributed by atoms with Crippen LogP contribution in [0.1, 0.15) is 110 Å². The Balaban J connectivity index is 0. The minimum absolute atomic E-state index is 0.234. The first-order valence-electron chi connectivity index (χ1n) is 11.2. The highest BCUT2D eigenvalue weighted by atomic mass is 16.4. The fourth-order valence-electron chi connectivity index (χ4n) is 2.90. The number of hydrogen-bond donors (Lipinski definition) is 2. The predicted octanol–water partition coefficient (Wildman–Crippen LogP) is 0.206. The van der Waals surface area contributed by atoms with E-state index in [0.717, 1.165) is 12.8 Å². The smallest absolute Gasteiger partial charge is 0.124 e. The molecule has 30 heavy (non-hydrogen) atoms. The molecule has 2 N–H and O–H groups in total. The number of rotatable bonds is 19. The van der Waals surface area contributed by atoms with Gasteiger partial charge < -0.3 is 39.9 Å². The minimum atomic E-state index is -2.44. The number of carbonyl (C=O) groups is 3. The third kappa shape index (κ3) is 22.6. The molecular formula is C22H39O8-3. The zero-order valence-corrected chi connectivity index (χ0v) is 18.3. The van der Waals surface area contributed by atoms with Crippen molar-refractivity contribution in [1.82, 2.24) is 0 Å². The van der Waals surface area contributed by atoms with Gasteiger partial charge in [0, 0.05) is 5.97 Å². The average molecular weight is 432 g/mol. The standard InChI is InChI=1S/C18H36O2.C4H6O6/c1-2-3-4-5-6-7-8-9-10-11-12-13-14-15-16-17-18(19)20;5-1(3(7)8)2(6)4(9)10/h2-17H2,1H3,(H,19,20);1-2,5-6H,(H,7,8)(H,9,10)/p-3. The van der Waals surface area contributed by atoms with Crippen molar-refractivity contribution < 1.29 is 39.9 Å². The summed E-state index contributed by atoms with van der Waals surface area (Å²) in [5.41, 5.74) is 0. The van der Waals surface area contributed by atoms with Crippen molar-refractivity contribution in [2.75, 3.05) is 0 Å². The maximum atomic E-state index is 10.2. The van der Waals surface area contributed by atoms with E-state index in [1.54, 1.807) is 0 Å². The second-order valence-corrected chi connectivity index (χ2v) is 7.60. The first-order valence-corrected chi connectivity index (χ1v) is 11.2. The van der Waals surface area contributed by atoms with Gasteiger partial charge in [0.25, 0.3) is 0 Å². The van der Waals surface area contributed by atoms with E-state index >= 15 is 0 Å².